The van der Waals surface area contributed by atoms with Crippen molar-refractivity contribution in [3.63, 3.8) is 0 Å². The summed E-state index contributed by atoms with van der Waals surface area (Å²) in [4.78, 5) is 39.8. The van der Waals surface area contributed by atoms with Crippen molar-refractivity contribution >= 4 is 29.2 Å². The van der Waals surface area contributed by atoms with Gasteiger partial charge in [0.25, 0.3) is 5.91 Å². The first-order chi connectivity index (χ1) is 25.1. The number of nitrogens with one attached hydrogen (secondary N) is 2. The predicted octanol–water partition coefficient (Wildman–Crippen LogP) is 9.37. The number of hydrogen-bond donors (Lipinski definition) is 2. The van der Waals surface area contributed by atoms with Crippen LogP contribution < -0.4 is 15.4 Å². The molecule has 0 spiro atoms. The van der Waals surface area contributed by atoms with Gasteiger partial charge in [-0.15, -0.1) is 0 Å². The summed E-state index contributed by atoms with van der Waals surface area (Å²) in [5, 5.41) is 6.46. The second-order valence-corrected chi connectivity index (χ2v) is 13.3. The Hall–Kier alpha value is -4.46. The Kier molecular flexibility index (Phi) is 22.1. The van der Waals surface area contributed by atoms with Gasteiger partial charge >= 0.3 is 0 Å². The van der Waals surface area contributed by atoms with Gasteiger partial charge in [-0.1, -0.05) is 91.4 Å². The van der Waals surface area contributed by atoms with E-state index in [-0.39, 0.29) is 17.6 Å². The number of ketones is 1. The van der Waals surface area contributed by atoms with E-state index in [0.717, 1.165) is 38.5 Å². The maximum atomic E-state index is 12.9. The molecule has 0 heterocycles. The molecule has 0 aliphatic heterocycles. The van der Waals surface area contributed by atoms with E-state index in [1.54, 1.807) is 62.4 Å². The summed E-state index contributed by atoms with van der Waals surface area (Å²) in [7, 11) is 1.95. The molecule has 8 heteroatoms. The Bertz CT molecular complexity index is 1520. The van der Waals surface area contributed by atoms with Crippen LogP contribution in [0.4, 0.5) is 0 Å². The molecule has 2 aromatic rings. The number of rotatable bonds is 25. The van der Waals surface area contributed by atoms with Crippen molar-refractivity contribution in [2.75, 3.05) is 33.2 Å². The number of hydrogen-bond acceptors (Lipinski definition) is 5. The van der Waals surface area contributed by atoms with Gasteiger partial charge < -0.3 is 20.3 Å². The molecular formula is C44H58ClN3O4. The second-order valence-electron chi connectivity index (χ2n) is 12.8. The highest BCUT2D eigenvalue weighted by molar-refractivity contribution is 6.30. The van der Waals surface area contributed by atoms with E-state index >= 15 is 0 Å². The summed E-state index contributed by atoms with van der Waals surface area (Å²) in [6.45, 7) is 7.82. The Balaban J connectivity index is 1.51. The number of carbonyl (C=O) groups excluding carboxylic acids is 3. The normalized spacial score (nSPS) is 12.4. The van der Waals surface area contributed by atoms with E-state index in [2.05, 4.69) is 95.4 Å². The molecule has 2 rings (SSSR count). The zero-order chi connectivity index (χ0) is 37.9. The Morgan fingerprint density at radius 3 is 1.62 bits per heavy atom. The fraction of sp³-hybridized carbons (Fsp3) is 0.386. The molecular weight excluding hydrogens is 670 g/mol. The zero-order valence-electron chi connectivity index (χ0n) is 31.5. The van der Waals surface area contributed by atoms with Crippen LogP contribution in [0.1, 0.15) is 88.1 Å². The molecule has 0 atom stereocenters. The Morgan fingerprint density at radius 2 is 1.12 bits per heavy atom. The highest BCUT2D eigenvalue weighted by atomic mass is 35.5. The van der Waals surface area contributed by atoms with Gasteiger partial charge in [0.15, 0.2) is 11.4 Å². The van der Waals surface area contributed by atoms with Crippen molar-refractivity contribution in [2.24, 2.45) is 0 Å². The smallest absolute Gasteiger partial charge is 0.263 e. The van der Waals surface area contributed by atoms with Gasteiger partial charge in [0.2, 0.25) is 5.91 Å². The molecule has 0 unspecified atom stereocenters. The number of benzene rings is 2. The number of allylic oxidation sites excluding steroid dienone is 12. The van der Waals surface area contributed by atoms with Gasteiger partial charge in [-0.05, 0) is 114 Å². The lowest BCUT2D eigenvalue weighted by atomic mass is 10.0. The number of nitrogens with zero attached hydrogens (tertiary/aromatic N) is 1. The molecule has 0 aromatic heterocycles. The summed E-state index contributed by atoms with van der Waals surface area (Å²) in [5.74, 6) is 0.152. The maximum absolute atomic E-state index is 12.9. The van der Waals surface area contributed by atoms with Crippen LogP contribution in [0.3, 0.4) is 0 Å². The minimum atomic E-state index is -1.11. The SMILES string of the molecule is CCC=CCC=CCC=CCC=CCC=CCC=CCCC(=O)NCCN(C)CCNC(=O)C(C)(C)Oc1ccc(C(=O)c2ccc(Cl)cc2)cc1. The van der Waals surface area contributed by atoms with Crippen LogP contribution in [0.25, 0.3) is 0 Å². The topological polar surface area (TPSA) is 87.7 Å². The van der Waals surface area contributed by atoms with Crippen LogP contribution in [0.15, 0.2) is 121 Å². The van der Waals surface area contributed by atoms with E-state index in [0.29, 0.717) is 60.9 Å². The number of ether oxygens (including phenoxy) is 1. The lowest BCUT2D eigenvalue weighted by Gasteiger charge is -2.26. The minimum Gasteiger partial charge on any atom is -0.478 e. The minimum absolute atomic E-state index is 0.0301. The Labute approximate surface area is 317 Å². The molecule has 0 radical (unpaired) electrons. The van der Waals surface area contributed by atoms with Gasteiger partial charge in [0.1, 0.15) is 5.75 Å². The maximum Gasteiger partial charge on any atom is 0.263 e. The molecule has 2 amide bonds. The van der Waals surface area contributed by atoms with Crippen molar-refractivity contribution in [3.8, 4) is 5.75 Å². The largest absolute Gasteiger partial charge is 0.478 e. The van der Waals surface area contributed by atoms with E-state index in [4.69, 9.17) is 16.3 Å². The first kappa shape index (κ1) is 43.7. The molecule has 7 nitrogen and oxygen atoms in total. The average Bonchev–Trinajstić information content (AvgIpc) is 3.12. The fourth-order valence-electron chi connectivity index (χ4n) is 4.80. The molecule has 2 N–H and O–H groups in total. The summed E-state index contributed by atoms with van der Waals surface area (Å²) in [6, 6.07) is 13.5. The quantitative estimate of drug-likeness (QED) is 0.0787. The molecule has 52 heavy (non-hydrogen) atoms. The van der Waals surface area contributed by atoms with Crippen LogP contribution in [-0.4, -0.2) is 61.3 Å². The van der Waals surface area contributed by atoms with Crippen LogP contribution >= 0.6 is 11.6 Å². The third-order valence-electron chi connectivity index (χ3n) is 7.87. The molecule has 0 fully saturated rings. The van der Waals surface area contributed by atoms with Crippen molar-refractivity contribution in [1.29, 1.82) is 0 Å². The number of halogens is 1. The van der Waals surface area contributed by atoms with Gasteiger partial charge in [-0.3, -0.25) is 14.4 Å². The molecule has 2 aromatic carbocycles. The van der Waals surface area contributed by atoms with Gasteiger partial charge in [0.05, 0.1) is 0 Å². The first-order valence-electron chi connectivity index (χ1n) is 18.3. The van der Waals surface area contributed by atoms with Crippen molar-refractivity contribution in [2.45, 2.75) is 77.7 Å². The van der Waals surface area contributed by atoms with E-state index in [1.807, 2.05) is 7.05 Å². The number of carbonyl (C=O) groups is 3. The van der Waals surface area contributed by atoms with Crippen molar-refractivity contribution in [3.05, 3.63) is 138 Å². The molecule has 0 aliphatic rings. The second kappa shape index (κ2) is 26.3. The van der Waals surface area contributed by atoms with E-state index < -0.39 is 5.60 Å². The zero-order valence-corrected chi connectivity index (χ0v) is 32.2. The standard InChI is InChI=1S/C44H58ClN3O4/c1-5-6-7-8-9-10-11-12-13-14-15-16-17-18-19-20-21-22-23-24-41(49)46-33-35-48(4)36-34-47-43(51)44(2,3)52-40-31-27-38(28-32-40)42(50)37-25-29-39(45)30-26-37/h6-7,9-10,12-13,15-16,18-19,21-22,25-32H,5,8,11,14,17,20,23-24,33-36H2,1-4H3,(H,46,49)(H,47,51). The summed E-state index contributed by atoms with van der Waals surface area (Å²) in [6.07, 6.45) is 33.0. The predicted molar refractivity (Wildman–Crippen MR) is 217 cm³/mol. The summed E-state index contributed by atoms with van der Waals surface area (Å²) in [5.41, 5.74) is -0.0553. The lowest BCUT2D eigenvalue weighted by molar-refractivity contribution is -0.134. The third-order valence-corrected chi connectivity index (χ3v) is 8.12. The summed E-state index contributed by atoms with van der Waals surface area (Å²) < 4.78 is 5.95. The monoisotopic (exact) mass is 727 g/mol. The van der Waals surface area contributed by atoms with Crippen molar-refractivity contribution < 1.29 is 19.1 Å². The van der Waals surface area contributed by atoms with Gasteiger partial charge in [-0.25, -0.2) is 0 Å². The van der Waals surface area contributed by atoms with E-state index in [9.17, 15) is 14.4 Å². The van der Waals surface area contributed by atoms with Crippen LogP contribution in [0.5, 0.6) is 5.75 Å². The molecule has 0 saturated carbocycles. The first-order valence-corrected chi connectivity index (χ1v) is 18.7. The highest BCUT2D eigenvalue weighted by Crippen LogP contribution is 2.21. The van der Waals surface area contributed by atoms with Crippen molar-refractivity contribution in [1.82, 2.24) is 15.5 Å². The molecule has 0 bridgehead atoms. The van der Waals surface area contributed by atoms with Crippen LogP contribution in [0, 0.1) is 0 Å². The third kappa shape index (κ3) is 19.8. The van der Waals surface area contributed by atoms with Crippen LogP contribution in [-0.2, 0) is 9.59 Å². The number of likely N-dealkylation sites (N-methyl/N-ethyl adjacent to an activating group) is 1. The average molecular weight is 728 g/mol. The summed E-state index contributed by atoms with van der Waals surface area (Å²) >= 11 is 5.92. The highest BCUT2D eigenvalue weighted by Gasteiger charge is 2.29. The van der Waals surface area contributed by atoms with Crippen LogP contribution in [0.2, 0.25) is 5.02 Å². The number of amides is 2. The van der Waals surface area contributed by atoms with Gasteiger partial charge in [0, 0.05) is 48.7 Å². The molecule has 280 valence electrons. The lowest BCUT2D eigenvalue weighted by Crippen LogP contribution is -2.48. The fourth-order valence-corrected chi connectivity index (χ4v) is 4.92. The molecule has 0 saturated heterocycles. The van der Waals surface area contributed by atoms with E-state index in [1.165, 1.54) is 0 Å². The molecule has 0 aliphatic carbocycles. The van der Waals surface area contributed by atoms with Gasteiger partial charge in [-0.2, -0.15) is 0 Å². The Morgan fingerprint density at radius 1 is 0.673 bits per heavy atom.